The van der Waals surface area contributed by atoms with Crippen molar-refractivity contribution in [1.82, 2.24) is 29.9 Å². The lowest BCUT2D eigenvalue weighted by Crippen LogP contribution is -2.46. The molecule has 4 heterocycles. The van der Waals surface area contributed by atoms with Gasteiger partial charge in [-0.05, 0) is 44.7 Å². The number of hydrogen-bond donors (Lipinski definition) is 1. The molecule has 1 N–H and O–H groups in total. The molecular formula is C18H31ClN6O. The van der Waals surface area contributed by atoms with E-state index in [9.17, 15) is 4.79 Å². The molecule has 0 atom stereocenters. The van der Waals surface area contributed by atoms with Crippen LogP contribution in [0.15, 0.2) is 0 Å². The van der Waals surface area contributed by atoms with Gasteiger partial charge in [0.2, 0.25) is 5.91 Å². The van der Waals surface area contributed by atoms with Crippen molar-refractivity contribution in [2.24, 2.45) is 5.92 Å². The number of fused-ring (bicyclic) bond motifs is 1. The fraction of sp³-hybridized carbons (Fsp3) is 0.833. The summed E-state index contributed by atoms with van der Waals surface area (Å²) in [5.41, 5.74) is 0. The Labute approximate surface area is 161 Å². The van der Waals surface area contributed by atoms with E-state index < -0.39 is 0 Å². The van der Waals surface area contributed by atoms with Crippen LogP contribution in [0.3, 0.4) is 0 Å². The standard InChI is InChI=1S/C18H30N6O.ClH/c1-14-2-7-22(8-3-14)13-17(25)23-9-4-15(5-10-23)18-21-20-16-12-19-6-11-24(16)18;/h14-15,19H,2-13H2,1H3;1H. The molecule has 1 aromatic heterocycles. The van der Waals surface area contributed by atoms with E-state index in [1.165, 1.54) is 12.8 Å². The smallest absolute Gasteiger partial charge is 0.236 e. The van der Waals surface area contributed by atoms with Gasteiger partial charge in [0.25, 0.3) is 0 Å². The average Bonchev–Trinajstić information content (AvgIpc) is 3.08. The highest BCUT2D eigenvalue weighted by molar-refractivity contribution is 5.85. The summed E-state index contributed by atoms with van der Waals surface area (Å²) in [7, 11) is 0. The number of rotatable bonds is 3. The first-order chi connectivity index (χ1) is 12.2. The topological polar surface area (TPSA) is 66.3 Å². The number of aromatic nitrogens is 3. The van der Waals surface area contributed by atoms with Crippen LogP contribution in [0.4, 0.5) is 0 Å². The molecule has 3 aliphatic rings. The van der Waals surface area contributed by atoms with E-state index in [4.69, 9.17) is 0 Å². The Morgan fingerprint density at radius 3 is 2.54 bits per heavy atom. The molecule has 7 nitrogen and oxygen atoms in total. The van der Waals surface area contributed by atoms with Crippen molar-refractivity contribution >= 4 is 18.3 Å². The van der Waals surface area contributed by atoms with Crippen molar-refractivity contribution in [3.05, 3.63) is 11.6 Å². The molecule has 0 aromatic carbocycles. The molecule has 0 radical (unpaired) electrons. The van der Waals surface area contributed by atoms with E-state index in [2.05, 4.69) is 36.8 Å². The third-order valence-electron chi connectivity index (χ3n) is 6.10. The van der Waals surface area contributed by atoms with Gasteiger partial charge >= 0.3 is 0 Å². The second-order valence-electron chi connectivity index (χ2n) is 7.92. The van der Waals surface area contributed by atoms with E-state index in [0.717, 1.165) is 76.2 Å². The Hall–Kier alpha value is -1.18. The third-order valence-corrected chi connectivity index (χ3v) is 6.10. The maximum atomic E-state index is 12.6. The molecule has 3 aliphatic heterocycles. The van der Waals surface area contributed by atoms with E-state index in [0.29, 0.717) is 18.4 Å². The molecule has 0 aliphatic carbocycles. The monoisotopic (exact) mass is 382 g/mol. The number of carbonyl (C=O) groups excluding carboxylic acids is 1. The van der Waals surface area contributed by atoms with Crippen LogP contribution in [0, 0.1) is 5.92 Å². The minimum absolute atomic E-state index is 0. The van der Waals surface area contributed by atoms with Gasteiger partial charge in [-0.2, -0.15) is 0 Å². The van der Waals surface area contributed by atoms with Gasteiger partial charge in [-0.15, -0.1) is 22.6 Å². The summed E-state index contributed by atoms with van der Waals surface area (Å²) >= 11 is 0. The van der Waals surface area contributed by atoms with Crippen LogP contribution < -0.4 is 5.32 Å². The van der Waals surface area contributed by atoms with Gasteiger partial charge in [0.1, 0.15) is 11.6 Å². The SMILES string of the molecule is CC1CCN(CC(=O)N2CCC(c3nnc4n3CCNC4)CC2)CC1.Cl. The first kappa shape index (κ1) is 19.6. The van der Waals surface area contributed by atoms with Gasteiger partial charge in [0.05, 0.1) is 13.1 Å². The summed E-state index contributed by atoms with van der Waals surface area (Å²) in [5.74, 6) is 3.75. The summed E-state index contributed by atoms with van der Waals surface area (Å²) < 4.78 is 2.29. The number of halogens is 1. The van der Waals surface area contributed by atoms with Crippen LogP contribution in [-0.2, 0) is 17.9 Å². The molecule has 8 heteroatoms. The maximum Gasteiger partial charge on any atom is 0.236 e. The zero-order valence-corrected chi connectivity index (χ0v) is 16.5. The third kappa shape index (κ3) is 4.21. The molecule has 0 spiro atoms. The van der Waals surface area contributed by atoms with Crippen LogP contribution in [-0.4, -0.2) is 69.7 Å². The van der Waals surface area contributed by atoms with Crippen LogP contribution >= 0.6 is 12.4 Å². The van der Waals surface area contributed by atoms with Gasteiger partial charge < -0.3 is 14.8 Å². The zero-order valence-electron chi connectivity index (χ0n) is 15.7. The fourth-order valence-electron chi connectivity index (χ4n) is 4.32. The summed E-state index contributed by atoms with van der Waals surface area (Å²) in [6.45, 7) is 9.54. The lowest BCUT2D eigenvalue weighted by atomic mass is 9.95. The Bertz CT molecular complexity index is 605. The van der Waals surface area contributed by atoms with E-state index in [1.807, 2.05) is 0 Å². The Balaban J connectivity index is 0.00000196. The van der Waals surface area contributed by atoms with Crippen LogP contribution in [0.25, 0.3) is 0 Å². The van der Waals surface area contributed by atoms with Gasteiger partial charge in [-0.1, -0.05) is 6.92 Å². The minimum Gasteiger partial charge on any atom is -0.342 e. The molecule has 2 saturated heterocycles. The molecule has 4 rings (SSSR count). The maximum absolute atomic E-state index is 12.6. The highest BCUT2D eigenvalue weighted by atomic mass is 35.5. The molecule has 1 amide bonds. The van der Waals surface area contributed by atoms with Crippen molar-refractivity contribution in [3.8, 4) is 0 Å². The van der Waals surface area contributed by atoms with Crippen molar-refractivity contribution in [1.29, 1.82) is 0 Å². The van der Waals surface area contributed by atoms with Crippen LogP contribution in [0.5, 0.6) is 0 Å². The van der Waals surface area contributed by atoms with Gasteiger partial charge in [-0.3, -0.25) is 9.69 Å². The molecule has 146 valence electrons. The highest BCUT2D eigenvalue weighted by Gasteiger charge is 2.29. The summed E-state index contributed by atoms with van der Waals surface area (Å²) in [6.07, 6.45) is 4.47. The van der Waals surface area contributed by atoms with Crippen molar-refractivity contribution in [2.75, 3.05) is 39.3 Å². The molecule has 0 bridgehead atoms. The Kier molecular flexibility index (Phi) is 6.53. The second-order valence-corrected chi connectivity index (χ2v) is 7.92. The summed E-state index contributed by atoms with van der Waals surface area (Å²) in [4.78, 5) is 17.0. The van der Waals surface area contributed by atoms with Crippen molar-refractivity contribution < 1.29 is 4.79 Å². The number of likely N-dealkylation sites (tertiary alicyclic amines) is 2. The summed E-state index contributed by atoms with van der Waals surface area (Å²) in [6, 6.07) is 0. The Morgan fingerprint density at radius 1 is 1.08 bits per heavy atom. The van der Waals surface area contributed by atoms with Gasteiger partial charge in [-0.25, -0.2) is 0 Å². The molecule has 26 heavy (non-hydrogen) atoms. The van der Waals surface area contributed by atoms with Gasteiger partial charge in [0.15, 0.2) is 0 Å². The number of carbonyl (C=O) groups is 1. The highest BCUT2D eigenvalue weighted by Crippen LogP contribution is 2.28. The number of nitrogens with zero attached hydrogens (tertiary/aromatic N) is 5. The van der Waals surface area contributed by atoms with E-state index in [-0.39, 0.29) is 12.4 Å². The van der Waals surface area contributed by atoms with Crippen molar-refractivity contribution in [2.45, 2.75) is 51.6 Å². The Morgan fingerprint density at radius 2 is 1.81 bits per heavy atom. The van der Waals surface area contributed by atoms with Crippen LogP contribution in [0.1, 0.15) is 50.2 Å². The fourth-order valence-corrected chi connectivity index (χ4v) is 4.32. The van der Waals surface area contributed by atoms with E-state index in [1.54, 1.807) is 0 Å². The van der Waals surface area contributed by atoms with E-state index >= 15 is 0 Å². The quantitative estimate of drug-likeness (QED) is 0.852. The molecular weight excluding hydrogens is 352 g/mol. The average molecular weight is 383 g/mol. The van der Waals surface area contributed by atoms with Crippen LogP contribution in [0.2, 0.25) is 0 Å². The molecule has 0 unspecified atom stereocenters. The predicted molar refractivity (Wildman–Crippen MR) is 102 cm³/mol. The lowest BCUT2D eigenvalue weighted by molar-refractivity contribution is -0.133. The first-order valence-electron chi connectivity index (χ1n) is 9.83. The molecule has 1 aromatic rings. The molecule has 0 saturated carbocycles. The zero-order chi connectivity index (χ0) is 17.2. The normalized spacial score (nSPS) is 22.7. The lowest BCUT2D eigenvalue weighted by Gasteiger charge is -2.35. The molecule has 2 fully saturated rings. The predicted octanol–water partition coefficient (Wildman–Crippen LogP) is 1.24. The summed E-state index contributed by atoms with van der Waals surface area (Å²) in [5, 5.41) is 12.1. The number of amides is 1. The second kappa shape index (κ2) is 8.67. The van der Waals surface area contributed by atoms with Gasteiger partial charge in [0, 0.05) is 32.1 Å². The van der Waals surface area contributed by atoms with Crippen molar-refractivity contribution in [3.63, 3.8) is 0 Å². The number of piperidine rings is 2. The first-order valence-corrected chi connectivity index (χ1v) is 9.83. The minimum atomic E-state index is 0. The number of hydrogen-bond acceptors (Lipinski definition) is 5. The number of nitrogens with one attached hydrogen (secondary N) is 1. The largest absolute Gasteiger partial charge is 0.342 e.